The standard InChI is InChI=1S/C13H20BrN3/c1-9-6-12(14)13(16-8-9)17-10(2)4-3-5-11(17)7-15/h6,8,10-11H,3-5,7,15H2,1-2H3. The fourth-order valence-electron chi connectivity index (χ4n) is 2.62. The van der Waals surface area contributed by atoms with Crippen LogP contribution in [0.15, 0.2) is 16.7 Å². The van der Waals surface area contributed by atoms with Gasteiger partial charge in [-0.2, -0.15) is 0 Å². The Labute approximate surface area is 112 Å². The largest absolute Gasteiger partial charge is 0.349 e. The number of pyridine rings is 1. The first-order valence-electron chi connectivity index (χ1n) is 6.24. The first-order valence-corrected chi connectivity index (χ1v) is 7.03. The maximum absolute atomic E-state index is 5.89. The molecule has 3 nitrogen and oxygen atoms in total. The molecule has 0 aliphatic carbocycles. The Bertz CT molecular complexity index is 394. The van der Waals surface area contributed by atoms with Crippen LogP contribution in [0.4, 0.5) is 5.82 Å². The number of hydrogen-bond donors (Lipinski definition) is 1. The minimum atomic E-state index is 0.422. The molecule has 17 heavy (non-hydrogen) atoms. The number of aryl methyl sites for hydroxylation is 1. The van der Waals surface area contributed by atoms with Gasteiger partial charge in [-0.25, -0.2) is 4.98 Å². The Morgan fingerprint density at radius 2 is 2.29 bits per heavy atom. The van der Waals surface area contributed by atoms with Crippen LogP contribution in [0.3, 0.4) is 0 Å². The highest BCUT2D eigenvalue weighted by atomic mass is 79.9. The lowest BCUT2D eigenvalue weighted by Crippen LogP contribution is -2.49. The average molecular weight is 298 g/mol. The van der Waals surface area contributed by atoms with E-state index in [4.69, 9.17) is 5.73 Å². The highest BCUT2D eigenvalue weighted by Crippen LogP contribution is 2.32. The summed E-state index contributed by atoms with van der Waals surface area (Å²) in [5.41, 5.74) is 7.06. The molecule has 2 atom stereocenters. The molecular weight excluding hydrogens is 278 g/mol. The van der Waals surface area contributed by atoms with Crippen LogP contribution >= 0.6 is 15.9 Å². The van der Waals surface area contributed by atoms with Gasteiger partial charge in [0.2, 0.25) is 0 Å². The summed E-state index contributed by atoms with van der Waals surface area (Å²) in [6.07, 6.45) is 5.58. The van der Waals surface area contributed by atoms with E-state index in [9.17, 15) is 0 Å². The van der Waals surface area contributed by atoms with Crippen LogP contribution in [0.2, 0.25) is 0 Å². The molecule has 2 rings (SSSR count). The predicted molar refractivity (Wildman–Crippen MR) is 75.3 cm³/mol. The van der Waals surface area contributed by atoms with Crippen molar-refractivity contribution in [2.24, 2.45) is 5.73 Å². The lowest BCUT2D eigenvalue weighted by Gasteiger charge is -2.41. The third-order valence-corrected chi connectivity index (χ3v) is 4.09. The highest BCUT2D eigenvalue weighted by Gasteiger charge is 2.29. The molecule has 1 aliphatic rings. The first-order chi connectivity index (χ1) is 8.13. The van der Waals surface area contributed by atoms with E-state index in [-0.39, 0.29) is 0 Å². The number of anilines is 1. The second-order valence-corrected chi connectivity index (χ2v) is 5.75. The SMILES string of the molecule is Cc1cnc(N2C(C)CCCC2CN)c(Br)c1. The quantitative estimate of drug-likeness (QED) is 0.913. The van der Waals surface area contributed by atoms with Crippen LogP contribution in [0, 0.1) is 6.92 Å². The topological polar surface area (TPSA) is 42.2 Å². The van der Waals surface area contributed by atoms with E-state index in [1.54, 1.807) is 0 Å². The summed E-state index contributed by atoms with van der Waals surface area (Å²) in [6.45, 7) is 5.02. The number of aromatic nitrogens is 1. The minimum Gasteiger partial charge on any atom is -0.349 e. The van der Waals surface area contributed by atoms with Gasteiger partial charge in [0.05, 0.1) is 4.47 Å². The van der Waals surface area contributed by atoms with E-state index in [1.165, 1.54) is 24.8 Å². The second kappa shape index (κ2) is 5.36. The molecule has 2 unspecified atom stereocenters. The molecule has 2 heterocycles. The van der Waals surface area contributed by atoms with E-state index < -0.39 is 0 Å². The molecule has 1 aromatic rings. The van der Waals surface area contributed by atoms with Gasteiger partial charge < -0.3 is 10.6 Å². The van der Waals surface area contributed by atoms with Crippen molar-refractivity contribution in [3.05, 3.63) is 22.3 Å². The zero-order valence-corrected chi connectivity index (χ0v) is 12.1. The Balaban J connectivity index is 2.34. The molecule has 0 radical (unpaired) electrons. The normalized spacial score (nSPS) is 25.1. The Morgan fingerprint density at radius 3 is 2.94 bits per heavy atom. The Morgan fingerprint density at radius 1 is 1.53 bits per heavy atom. The number of piperidine rings is 1. The van der Waals surface area contributed by atoms with Crippen LogP contribution in [-0.4, -0.2) is 23.6 Å². The summed E-state index contributed by atoms with van der Waals surface area (Å²) in [5, 5.41) is 0. The summed E-state index contributed by atoms with van der Waals surface area (Å²) in [5.74, 6) is 1.04. The number of hydrogen-bond acceptors (Lipinski definition) is 3. The van der Waals surface area contributed by atoms with E-state index in [0.29, 0.717) is 18.6 Å². The molecular formula is C13H20BrN3. The lowest BCUT2D eigenvalue weighted by atomic mass is 9.96. The molecule has 2 N–H and O–H groups in total. The fourth-order valence-corrected chi connectivity index (χ4v) is 3.28. The van der Waals surface area contributed by atoms with Gasteiger partial charge in [-0.05, 0) is 60.7 Å². The molecule has 1 aromatic heterocycles. The lowest BCUT2D eigenvalue weighted by molar-refractivity contribution is 0.397. The third-order valence-electron chi connectivity index (χ3n) is 3.50. The molecule has 0 aromatic carbocycles. The van der Waals surface area contributed by atoms with Crippen molar-refractivity contribution in [2.75, 3.05) is 11.4 Å². The maximum atomic E-state index is 5.89. The Kier molecular flexibility index (Phi) is 4.05. The Hall–Kier alpha value is -0.610. The van der Waals surface area contributed by atoms with Crippen molar-refractivity contribution in [3.63, 3.8) is 0 Å². The zero-order chi connectivity index (χ0) is 12.4. The molecule has 1 fully saturated rings. The second-order valence-electron chi connectivity index (χ2n) is 4.89. The van der Waals surface area contributed by atoms with Gasteiger partial charge in [-0.15, -0.1) is 0 Å². The van der Waals surface area contributed by atoms with Crippen LogP contribution in [0.25, 0.3) is 0 Å². The smallest absolute Gasteiger partial charge is 0.143 e. The van der Waals surface area contributed by atoms with Crippen molar-refractivity contribution in [1.82, 2.24) is 4.98 Å². The molecule has 0 bridgehead atoms. The molecule has 0 amide bonds. The van der Waals surface area contributed by atoms with E-state index in [2.05, 4.69) is 45.7 Å². The third kappa shape index (κ3) is 2.63. The van der Waals surface area contributed by atoms with Crippen LogP contribution in [0.1, 0.15) is 31.7 Å². The highest BCUT2D eigenvalue weighted by molar-refractivity contribution is 9.10. The maximum Gasteiger partial charge on any atom is 0.143 e. The van der Waals surface area contributed by atoms with Crippen molar-refractivity contribution in [1.29, 1.82) is 0 Å². The van der Waals surface area contributed by atoms with E-state index >= 15 is 0 Å². The number of halogens is 1. The van der Waals surface area contributed by atoms with E-state index in [1.807, 2.05) is 6.20 Å². The summed E-state index contributed by atoms with van der Waals surface area (Å²) in [6, 6.07) is 3.06. The van der Waals surface area contributed by atoms with E-state index in [0.717, 1.165) is 10.3 Å². The number of rotatable bonds is 2. The van der Waals surface area contributed by atoms with Gasteiger partial charge in [0.15, 0.2) is 0 Å². The molecule has 1 saturated heterocycles. The van der Waals surface area contributed by atoms with Gasteiger partial charge in [0, 0.05) is 24.8 Å². The van der Waals surface area contributed by atoms with Crippen LogP contribution in [-0.2, 0) is 0 Å². The van der Waals surface area contributed by atoms with Gasteiger partial charge in [0.25, 0.3) is 0 Å². The van der Waals surface area contributed by atoms with Crippen LogP contribution < -0.4 is 10.6 Å². The molecule has 0 saturated carbocycles. The van der Waals surface area contributed by atoms with Gasteiger partial charge in [-0.1, -0.05) is 0 Å². The predicted octanol–water partition coefficient (Wildman–Crippen LogP) is 2.86. The summed E-state index contributed by atoms with van der Waals surface area (Å²) in [7, 11) is 0. The fraction of sp³-hybridized carbons (Fsp3) is 0.615. The van der Waals surface area contributed by atoms with Crippen molar-refractivity contribution < 1.29 is 0 Å². The van der Waals surface area contributed by atoms with Crippen molar-refractivity contribution in [3.8, 4) is 0 Å². The zero-order valence-electron chi connectivity index (χ0n) is 10.5. The molecule has 1 aliphatic heterocycles. The van der Waals surface area contributed by atoms with Gasteiger partial charge in [-0.3, -0.25) is 0 Å². The van der Waals surface area contributed by atoms with Gasteiger partial charge >= 0.3 is 0 Å². The van der Waals surface area contributed by atoms with Crippen molar-refractivity contribution in [2.45, 2.75) is 45.2 Å². The molecule has 94 valence electrons. The minimum absolute atomic E-state index is 0.422. The summed E-state index contributed by atoms with van der Waals surface area (Å²) >= 11 is 3.62. The van der Waals surface area contributed by atoms with Gasteiger partial charge in [0.1, 0.15) is 5.82 Å². The average Bonchev–Trinajstić information content (AvgIpc) is 2.30. The molecule has 0 spiro atoms. The first kappa shape index (κ1) is 12.8. The summed E-state index contributed by atoms with van der Waals surface area (Å²) in [4.78, 5) is 6.96. The van der Waals surface area contributed by atoms with Crippen LogP contribution in [0.5, 0.6) is 0 Å². The number of nitrogens with two attached hydrogens (primary N) is 1. The molecule has 4 heteroatoms. The van der Waals surface area contributed by atoms with Crippen molar-refractivity contribution >= 4 is 21.7 Å². The number of nitrogens with zero attached hydrogens (tertiary/aromatic N) is 2. The summed E-state index contributed by atoms with van der Waals surface area (Å²) < 4.78 is 1.07. The monoisotopic (exact) mass is 297 g/mol.